The van der Waals surface area contributed by atoms with Crippen LogP contribution in [0.5, 0.6) is 5.75 Å². The van der Waals surface area contributed by atoms with Crippen molar-refractivity contribution in [2.24, 2.45) is 7.05 Å². The molecule has 4 aromatic rings. The van der Waals surface area contributed by atoms with Crippen molar-refractivity contribution in [3.05, 3.63) is 48.0 Å². The number of carbonyl (C=O) groups is 2. The number of carboxylic acid groups (broad SMARTS) is 1. The average Bonchev–Trinajstić information content (AvgIpc) is 3.45. The number of piperidine rings is 1. The lowest BCUT2D eigenvalue weighted by atomic mass is 10.0. The Labute approximate surface area is 220 Å². The monoisotopic (exact) mass is 519 g/mol. The molecule has 2 amide bonds. The van der Waals surface area contributed by atoms with E-state index in [9.17, 15) is 9.59 Å². The van der Waals surface area contributed by atoms with Crippen LogP contribution in [0.3, 0.4) is 0 Å². The van der Waals surface area contributed by atoms with Gasteiger partial charge in [-0.15, -0.1) is 0 Å². The number of aromatic nitrogens is 3. The van der Waals surface area contributed by atoms with E-state index >= 15 is 0 Å². The topological polar surface area (TPSA) is 111 Å². The minimum atomic E-state index is -1.08. The van der Waals surface area contributed by atoms with Crippen molar-refractivity contribution in [3.63, 3.8) is 0 Å². The second kappa shape index (κ2) is 10.7. The number of imidazole rings is 1. The lowest BCUT2D eigenvalue weighted by molar-refractivity contribution is 0.0692. The minimum absolute atomic E-state index is 0.164. The smallest absolute Gasteiger partial charge is 0.404 e. The molecule has 0 radical (unpaired) electrons. The molecule has 2 aromatic carbocycles. The van der Waals surface area contributed by atoms with Gasteiger partial charge < -0.3 is 33.9 Å². The first-order chi connectivity index (χ1) is 18.4. The van der Waals surface area contributed by atoms with Gasteiger partial charge in [-0.05, 0) is 43.5 Å². The number of amides is 2. The van der Waals surface area contributed by atoms with Gasteiger partial charge in [0.2, 0.25) is 0 Å². The number of ether oxygens (including phenoxy) is 2. The largest absolute Gasteiger partial charge is 0.494 e. The summed E-state index contributed by atoms with van der Waals surface area (Å²) in [5.74, 6) is 1.18. The third-order valence-corrected chi connectivity index (χ3v) is 7.21. The van der Waals surface area contributed by atoms with Crippen molar-refractivity contribution < 1.29 is 24.2 Å². The molecule has 10 heteroatoms. The molecule has 1 fully saturated rings. The SMILES string of the molecule is COCCCn1c(-c2nc3cc(C(=O)N4CCCC(NC(=O)O)C4)cc(OC)c3n2C)cc2ccccc21. The van der Waals surface area contributed by atoms with Crippen molar-refractivity contribution >= 4 is 33.9 Å². The Balaban J connectivity index is 1.55. The Kier molecular flexibility index (Phi) is 7.24. The molecule has 1 atom stereocenters. The number of nitrogens with zero attached hydrogens (tertiary/aromatic N) is 4. The summed E-state index contributed by atoms with van der Waals surface area (Å²) in [6, 6.07) is 13.7. The second-order valence-electron chi connectivity index (χ2n) is 9.67. The van der Waals surface area contributed by atoms with Gasteiger partial charge in [0.15, 0.2) is 5.82 Å². The lowest BCUT2D eigenvalue weighted by Gasteiger charge is -2.32. The summed E-state index contributed by atoms with van der Waals surface area (Å²) in [5.41, 5.74) is 4.04. The zero-order valence-electron chi connectivity index (χ0n) is 21.9. The number of para-hydroxylation sites is 1. The van der Waals surface area contributed by atoms with E-state index in [1.54, 1.807) is 31.3 Å². The fourth-order valence-corrected chi connectivity index (χ4v) is 5.46. The van der Waals surface area contributed by atoms with Crippen LogP contribution < -0.4 is 10.1 Å². The third kappa shape index (κ3) is 4.79. The summed E-state index contributed by atoms with van der Waals surface area (Å²) in [6.07, 6.45) is 1.23. The molecule has 200 valence electrons. The molecule has 1 saturated heterocycles. The number of hydrogen-bond acceptors (Lipinski definition) is 5. The van der Waals surface area contributed by atoms with E-state index in [1.807, 2.05) is 23.7 Å². The maximum Gasteiger partial charge on any atom is 0.404 e. The van der Waals surface area contributed by atoms with Gasteiger partial charge in [0.1, 0.15) is 11.3 Å². The number of fused-ring (bicyclic) bond motifs is 2. The number of methoxy groups -OCH3 is 2. The maximum atomic E-state index is 13.5. The van der Waals surface area contributed by atoms with E-state index in [0.29, 0.717) is 42.9 Å². The predicted octanol–water partition coefficient (Wildman–Crippen LogP) is 4.11. The molecule has 3 heterocycles. The Morgan fingerprint density at radius 2 is 2.00 bits per heavy atom. The highest BCUT2D eigenvalue weighted by atomic mass is 16.5. The molecule has 10 nitrogen and oxygen atoms in total. The number of rotatable bonds is 8. The zero-order chi connectivity index (χ0) is 26.8. The van der Waals surface area contributed by atoms with Crippen LogP contribution in [-0.4, -0.2) is 76.1 Å². The summed E-state index contributed by atoms with van der Waals surface area (Å²) < 4.78 is 15.3. The molecule has 1 aliphatic rings. The first kappa shape index (κ1) is 25.6. The van der Waals surface area contributed by atoms with Crippen LogP contribution in [0.25, 0.3) is 33.5 Å². The first-order valence-electron chi connectivity index (χ1n) is 12.8. The van der Waals surface area contributed by atoms with Crippen molar-refractivity contribution in [3.8, 4) is 17.3 Å². The van der Waals surface area contributed by atoms with Crippen molar-refractivity contribution in [1.29, 1.82) is 0 Å². The van der Waals surface area contributed by atoms with E-state index in [0.717, 1.165) is 47.3 Å². The van der Waals surface area contributed by atoms with Gasteiger partial charge in [-0.1, -0.05) is 18.2 Å². The Hall–Kier alpha value is -4.05. The van der Waals surface area contributed by atoms with Gasteiger partial charge in [0.05, 0.1) is 18.3 Å². The highest BCUT2D eigenvalue weighted by molar-refractivity contribution is 6.00. The van der Waals surface area contributed by atoms with E-state index in [4.69, 9.17) is 19.6 Å². The molecule has 1 aliphatic heterocycles. The molecule has 0 aliphatic carbocycles. The van der Waals surface area contributed by atoms with E-state index in [-0.39, 0.29) is 11.9 Å². The van der Waals surface area contributed by atoms with Gasteiger partial charge in [-0.25, -0.2) is 9.78 Å². The third-order valence-electron chi connectivity index (χ3n) is 7.21. The standard InChI is InChI=1S/C28H33N5O5/c1-31-25-21(30-26(31)23-15-18-8-4-5-10-22(18)33(23)12-7-13-37-2)14-19(16-24(25)38-3)27(34)32-11-6-9-20(17-32)29-28(35)36/h4-5,8,10,14-16,20,29H,6-7,9,11-13,17H2,1-3H3,(H,35,36). The van der Waals surface area contributed by atoms with Crippen LogP contribution in [0.1, 0.15) is 29.6 Å². The van der Waals surface area contributed by atoms with Crippen molar-refractivity contribution in [2.75, 3.05) is 33.9 Å². The maximum absolute atomic E-state index is 13.5. The molecule has 5 rings (SSSR count). The Morgan fingerprint density at radius 1 is 1.18 bits per heavy atom. The minimum Gasteiger partial charge on any atom is -0.494 e. The predicted molar refractivity (Wildman–Crippen MR) is 145 cm³/mol. The number of carbonyl (C=O) groups excluding carboxylic acids is 1. The lowest BCUT2D eigenvalue weighted by Crippen LogP contribution is -2.49. The molecule has 2 aromatic heterocycles. The Morgan fingerprint density at radius 3 is 2.76 bits per heavy atom. The molecule has 0 saturated carbocycles. The van der Waals surface area contributed by atoms with Crippen LogP contribution in [-0.2, 0) is 18.3 Å². The van der Waals surface area contributed by atoms with Gasteiger partial charge >= 0.3 is 6.09 Å². The average molecular weight is 520 g/mol. The highest BCUT2D eigenvalue weighted by Crippen LogP contribution is 2.34. The van der Waals surface area contributed by atoms with Crippen molar-refractivity contribution in [2.45, 2.75) is 31.8 Å². The molecule has 0 bridgehead atoms. The molecular formula is C28H33N5O5. The summed E-state index contributed by atoms with van der Waals surface area (Å²) in [5, 5.41) is 12.7. The first-order valence-corrected chi connectivity index (χ1v) is 12.8. The summed E-state index contributed by atoms with van der Waals surface area (Å²) in [6.45, 7) is 2.35. The van der Waals surface area contributed by atoms with E-state index < -0.39 is 6.09 Å². The summed E-state index contributed by atoms with van der Waals surface area (Å²) in [4.78, 5) is 31.3. The van der Waals surface area contributed by atoms with Gasteiger partial charge in [0.25, 0.3) is 5.91 Å². The number of benzene rings is 2. The molecule has 38 heavy (non-hydrogen) atoms. The van der Waals surface area contributed by atoms with Crippen LogP contribution in [0, 0.1) is 0 Å². The molecule has 2 N–H and O–H groups in total. The van der Waals surface area contributed by atoms with Crippen LogP contribution in [0.15, 0.2) is 42.5 Å². The fraction of sp³-hybridized carbons (Fsp3) is 0.393. The van der Waals surface area contributed by atoms with Gasteiger partial charge in [-0.3, -0.25) is 4.79 Å². The molecular weight excluding hydrogens is 486 g/mol. The van der Waals surface area contributed by atoms with E-state index in [2.05, 4.69) is 28.1 Å². The number of aryl methyl sites for hydroxylation is 2. The molecule has 1 unspecified atom stereocenters. The zero-order valence-corrected chi connectivity index (χ0v) is 21.9. The quantitative estimate of drug-likeness (QED) is 0.339. The summed E-state index contributed by atoms with van der Waals surface area (Å²) >= 11 is 0. The van der Waals surface area contributed by atoms with Crippen LogP contribution in [0.2, 0.25) is 0 Å². The fourth-order valence-electron chi connectivity index (χ4n) is 5.46. The summed E-state index contributed by atoms with van der Waals surface area (Å²) in [7, 11) is 5.25. The normalized spacial score (nSPS) is 15.8. The van der Waals surface area contributed by atoms with Gasteiger partial charge in [0, 0.05) is 62.9 Å². The number of likely N-dealkylation sites (tertiary alicyclic amines) is 1. The Bertz CT molecular complexity index is 1490. The van der Waals surface area contributed by atoms with Crippen LogP contribution in [0.4, 0.5) is 4.79 Å². The molecule has 0 spiro atoms. The highest BCUT2D eigenvalue weighted by Gasteiger charge is 2.27. The second-order valence-corrected chi connectivity index (χ2v) is 9.67. The van der Waals surface area contributed by atoms with Crippen LogP contribution >= 0.6 is 0 Å². The van der Waals surface area contributed by atoms with Crippen molar-refractivity contribution in [1.82, 2.24) is 24.3 Å². The number of hydrogen-bond donors (Lipinski definition) is 2. The van der Waals surface area contributed by atoms with Gasteiger partial charge in [-0.2, -0.15) is 0 Å². The number of nitrogens with one attached hydrogen (secondary N) is 1. The van der Waals surface area contributed by atoms with E-state index in [1.165, 1.54) is 0 Å².